The zero-order valence-corrected chi connectivity index (χ0v) is 15.7. The van der Waals surface area contributed by atoms with E-state index in [1.54, 1.807) is 12.1 Å². The van der Waals surface area contributed by atoms with E-state index < -0.39 is 0 Å². The Morgan fingerprint density at radius 3 is 2.08 bits per heavy atom. The van der Waals surface area contributed by atoms with Gasteiger partial charge in [-0.3, -0.25) is 0 Å². The van der Waals surface area contributed by atoms with Crippen LogP contribution in [0.2, 0.25) is 0 Å². The Morgan fingerprint density at radius 1 is 0.792 bits per heavy atom. The summed E-state index contributed by atoms with van der Waals surface area (Å²) in [6.45, 7) is 4.12. The van der Waals surface area contributed by atoms with Crippen LogP contribution in [-0.2, 0) is 0 Å². The number of carbonyl (C=O) groups excluding carboxylic acids is 1. The molecule has 0 amide bonds. The molecule has 0 bridgehead atoms. The topological polar surface area (TPSA) is 26.3 Å². The number of esters is 1. The van der Waals surface area contributed by atoms with Gasteiger partial charge in [0, 0.05) is 14.7 Å². The van der Waals surface area contributed by atoms with Crippen molar-refractivity contribution in [2.75, 3.05) is 0 Å². The quantitative estimate of drug-likeness (QED) is 0.300. The van der Waals surface area contributed by atoms with Crippen LogP contribution < -0.4 is 4.74 Å². The molecular weight excluding hydrogens is 411 g/mol. The van der Waals surface area contributed by atoms with Crippen molar-refractivity contribution < 1.29 is 9.53 Å². The van der Waals surface area contributed by atoms with E-state index in [9.17, 15) is 4.79 Å². The van der Waals surface area contributed by atoms with Crippen molar-refractivity contribution in [3.8, 4) is 16.9 Å². The Hall–Kier alpha value is -2.14. The third-order valence-electron chi connectivity index (χ3n) is 3.92. The molecule has 0 unspecified atom stereocenters. The van der Waals surface area contributed by atoms with Gasteiger partial charge in [0.1, 0.15) is 5.75 Å². The summed E-state index contributed by atoms with van der Waals surface area (Å²) in [5.41, 5.74) is 4.88. The van der Waals surface area contributed by atoms with E-state index in [1.807, 2.05) is 49.4 Å². The number of carbonyl (C=O) groups is 1. The van der Waals surface area contributed by atoms with E-state index in [0.29, 0.717) is 11.3 Å². The number of hydrogen-bond donors (Lipinski definition) is 0. The second-order valence-electron chi connectivity index (χ2n) is 5.64. The summed E-state index contributed by atoms with van der Waals surface area (Å²) in [6, 6.07) is 21.0. The van der Waals surface area contributed by atoms with E-state index >= 15 is 0 Å². The molecule has 0 N–H and O–H groups in total. The highest BCUT2D eigenvalue weighted by atomic mass is 127. The highest BCUT2D eigenvalue weighted by Crippen LogP contribution is 2.38. The fourth-order valence-corrected chi connectivity index (χ4v) is 3.63. The Bertz CT molecular complexity index is 865. The molecule has 2 nitrogen and oxygen atoms in total. The third kappa shape index (κ3) is 3.36. The fraction of sp³-hybridized carbons (Fsp3) is 0.0952. The Labute approximate surface area is 155 Å². The molecule has 3 aromatic rings. The molecule has 0 atom stereocenters. The molecular formula is C21H17IO2. The predicted molar refractivity (Wildman–Crippen MR) is 105 cm³/mol. The first kappa shape index (κ1) is 16.7. The van der Waals surface area contributed by atoms with E-state index in [-0.39, 0.29) is 5.97 Å². The SMILES string of the molecule is Cc1cccc(I)c1-c1c(C)cccc1OC(=O)c1ccccc1. The van der Waals surface area contributed by atoms with E-state index in [2.05, 4.69) is 41.6 Å². The summed E-state index contributed by atoms with van der Waals surface area (Å²) in [5.74, 6) is 0.252. The monoisotopic (exact) mass is 428 g/mol. The summed E-state index contributed by atoms with van der Waals surface area (Å²) in [7, 11) is 0. The average molecular weight is 428 g/mol. The van der Waals surface area contributed by atoms with Crippen molar-refractivity contribution in [3.63, 3.8) is 0 Å². The first-order valence-electron chi connectivity index (χ1n) is 7.70. The Morgan fingerprint density at radius 2 is 1.42 bits per heavy atom. The van der Waals surface area contributed by atoms with Crippen molar-refractivity contribution in [2.45, 2.75) is 13.8 Å². The molecule has 24 heavy (non-hydrogen) atoms. The van der Waals surface area contributed by atoms with Gasteiger partial charge >= 0.3 is 5.97 Å². The lowest BCUT2D eigenvalue weighted by atomic mass is 9.96. The normalized spacial score (nSPS) is 10.5. The molecule has 0 aromatic heterocycles. The molecule has 3 aromatic carbocycles. The molecule has 0 radical (unpaired) electrons. The van der Waals surface area contributed by atoms with Crippen LogP contribution >= 0.6 is 22.6 Å². The van der Waals surface area contributed by atoms with Crippen LogP contribution in [0, 0.1) is 17.4 Å². The second-order valence-corrected chi connectivity index (χ2v) is 6.80. The fourth-order valence-electron chi connectivity index (χ4n) is 2.73. The van der Waals surface area contributed by atoms with Gasteiger partial charge in [-0.2, -0.15) is 0 Å². The van der Waals surface area contributed by atoms with Crippen LogP contribution in [0.5, 0.6) is 5.75 Å². The van der Waals surface area contributed by atoms with Gasteiger partial charge in [0.2, 0.25) is 0 Å². The molecule has 0 fully saturated rings. The zero-order valence-electron chi connectivity index (χ0n) is 13.5. The van der Waals surface area contributed by atoms with Crippen molar-refractivity contribution in [3.05, 3.63) is 87.0 Å². The highest BCUT2D eigenvalue weighted by molar-refractivity contribution is 14.1. The maximum atomic E-state index is 12.5. The molecule has 0 spiro atoms. The molecule has 3 rings (SSSR count). The van der Waals surface area contributed by atoms with E-state index in [0.717, 1.165) is 25.8 Å². The van der Waals surface area contributed by atoms with Crippen LogP contribution in [0.15, 0.2) is 66.7 Å². The van der Waals surface area contributed by atoms with Crippen LogP contribution in [0.25, 0.3) is 11.1 Å². The maximum Gasteiger partial charge on any atom is 0.343 e. The summed E-state index contributed by atoms with van der Waals surface area (Å²) < 4.78 is 6.87. The van der Waals surface area contributed by atoms with Gasteiger partial charge in [-0.1, -0.05) is 42.5 Å². The predicted octanol–water partition coefficient (Wildman–Crippen LogP) is 5.79. The first-order chi connectivity index (χ1) is 11.6. The number of rotatable bonds is 3. The molecule has 0 saturated carbocycles. The third-order valence-corrected chi connectivity index (χ3v) is 4.82. The van der Waals surface area contributed by atoms with E-state index in [4.69, 9.17) is 4.74 Å². The molecule has 0 aliphatic rings. The summed E-state index contributed by atoms with van der Waals surface area (Å²) >= 11 is 2.33. The van der Waals surface area contributed by atoms with Gasteiger partial charge in [0.05, 0.1) is 5.56 Å². The molecule has 0 saturated heterocycles. The van der Waals surface area contributed by atoms with Gasteiger partial charge in [0.15, 0.2) is 0 Å². The van der Waals surface area contributed by atoms with Crippen LogP contribution in [-0.4, -0.2) is 5.97 Å². The number of hydrogen-bond acceptors (Lipinski definition) is 2. The zero-order chi connectivity index (χ0) is 17.1. The minimum absolute atomic E-state index is 0.342. The number of aryl methyl sites for hydroxylation is 2. The Balaban J connectivity index is 2.08. The molecule has 0 aliphatic carbocycles. The van der Waals surface area contributed by atoms with Gasteiger partial charge in [0.25, 0.3) is 0 Å². The van der Waals surface area contributed by atoms with Gasteiger partial charge in [-0.05, 0) is 71.8 Å². The lowest BCUT2D eigenvalue weighted by Gasteiger charge is -2.16. The van der Waals surface area contributed by atoms with Gasteiger partial charge in [-0.25, -0.2) is 4.79 Å². The number of ether oxygens (including phenoxy) is 1. The van der Waals surface area contributed by atoms with Gasteiger partial charge < -0.3 is 4.74 Å². The van der Waals surface area contributed by atoms with E-state index in [1.165, 1.54) is 0 Å². The van der Waals surface area contributed by atoms with Crippen molar-refractivity contribution in [1.82, 2.24) is 0 Å². The van der Waals surface area contributed by atoms with Crippen LogP contribution in [0.4, 0.5) is 0 Å². The highest BCUT2D eigenvalue weighted by Gasteiger charge is 2.17. The maximum absolute atomic E-state index is 12.5. The summed E-state index contributed by atoms with van der Waals surface area (Å²) in [5, 5.41) is 0. The molecule has 120 valence electrons. The second kappa shape index (κ2) is 7.18. The minimum atomic E-state index is -0.342. The lowest BCUT2D eigenvalue weighted by molar-refractivity contribution is 0.0735. The van der Waals surface area contributed by atoms with Crippen molar-refractivity contribution in [1.29, 1.82) is 0 Å². The largest absolute Gasteiger partial charge is 0.422 e. The van der Waals surface area contributed by atoms with Crippen molar-refractivity contribution in [2.24, 2.45) is 0 Å². The molecule has 0 heterocycles. The Kier molecular flexibility index (Phi) is 5.00. The van der Waals surface area contributed by atoms with Crippen LogP contribution in [0.1, 0.15) is 21.5 Å². The minimum Gasteiger partial charge on any atom is -0.422 e. The smallest absolute Gasteiger partial charge is 0.343 e. The number of halogens is 1. The summed E-state index contributed by atoms with van der Waals surface area (Å²) in [4.78, 5) is 12.5. The standard InChI is InChI=1S/C21H17IO2/c1-14-8-6-12-17(22)19(14)20-15(2)9-7-13-18(20)24-21(23)16-10-4-3-5-11-16/h3-13H,1-2H3. The first-order valence-corrected chi connectivity index (χ1v) is 8.78. The number of benzene rings is 3. The molecule has 0 aliphatic heterocycles. The molecule has 3 heteroatoms. The van der Waals surface area contributed by atoms with Crippen molar-refractivity contribution >= 4 is 28.6 Å². The van der Waals surface area contributed by atoms with Gasteiger partial charge in [-0.15, -0.1) is 0 Å². The van der Waals surface area contributed by atoms with Crippen LogP contribution in [0.3, 0.4) is 0 Å². The average Bonchev–Trinajstić information content (AvgIpc) is 2.57. The lowest BCUT2D eigenvalue weighted by Crippen LogP contribution is -2.09. The summed E-state index contributed by atoms with van der Waals surface area (Å²) in [6.07, 6.45) is 0.